The fraction of sp³-hybridized carbons (Fsp3) is 0.939. The molecule has 0 aliphatic carbocycles. The Labute approximate surface area is 364 Å². The lowest BCUT2D eigenvalue weighted by atomic mass is 10.0. The highest BCUT2D eigenvalue weighted by Crippen LogP contribution is 2.43. The van der Waals surface area contributed by atoms with Gasteiger partial charge >= 0.3 is 13.8 Å². The van der Waals surface area contributed by atoms with E-state index in [4.69, 9.17) is 23.6 Å². The number of aliphatic hydroxyl groups excluding tert-OH is 2. The molecule has 0 aromatic carbocycles. The highest BCUT2D eigenvalue weighted by molar-refractivity contribution is 7.47. The quantitative estimate of drug-likeness (QED) is 0.0237. The van der Waals surface area contributed by atoms with E-state index in [1.807, 2.05) is 0 Å². The van der Waals surface area contributed by atoms with Crippen LogP contribution in [0, 0.1) is 0 Å². The average Bonchev–Trinajstić information content (AvgIpc) is 3.23. The highest BCUT2D eigenvalue weighted by Gasteiger charge is 2.26. The van der Waals surface area contributed by atoms with Crippen molar-refractivity contribution in [2.75, 3.05) is 33.0 Å². The Morgan fingerprint density at radius 3 is 1.27 bits per heavy atom. The monoisotopic (exact) mass is 861 g/mol. The Hall–Kier alpha value is -0.800. The lowest BCUT2D eigenvalue weighted by Crippen LogP contribution is -2.29. The predicted molar refractivity (Wildman–Crippen MR) is 247 cm³/mol. The first kappa shape index (κ1) is 58.2. The second kappa shape index (κ2) is 46.7. The van der Waals surface area contributed by atoms with Crippen molar-refractivity contribution in [2.24, 2.45) is 0 Å². The van der Waals surface area contributed by atoms with Crippen LogP contribution >= 0.6 is 7.82 Å². The number of ether oxygens (including phenoxy) is 2. The minimum Gasteiger partial charge on any atom is -0.457 e. The van der Waals surface area contributed by atoms with Gasteiger partial charge in [0.05, 0.1) is 26.4 Å². The number of phosphoric acid groups is 1. The molecule has 0 fully saturated rings. The number of carbonyl (C=O) groups is 1. The van der Waals surface area contributed by atoms with Gasteiger partial charge in [-0.25, -0.2) is 4.57 Å². The van der Waals surface area contributed by atoms with E-state index in [0.717, 1.165) is 32.1 Å². The van der Waals surface area contributed by atoms with Gasteiger partial charge in [-0.15, -0.1) is 0 Å². The van der Waals surface area contributed by atoms with Crippen LogP contribution in [0.2, 0.25) is 0 Å². The topological polar surface area (TPSA) is 132 Å². The minimum atomic E-state index is -4.52. The summed E-state index contributed by atoms with van der Waals surface area (Å²) in [7, 11) is -4.52. The maximum atomic E-state index is 12.7. The molecule has 0 amide bonds. The number of allylic oxidation sites excluding steroid dienone is 2. The molecule has 352 valence electrons. The molecule has 0 spiro atoms. The van der Waals surface area contributed by atoms with Crippen molar-refractivity contribution in [3.63, 3.8) is 0 Å². The summed E-state index contributed by atoms with van der Waals surface area (Å²) in [6.07, 6.45) is 48.9. The Morgan fingerprint density at radius 1 is 0.508 bits per heavy atom. The van der Waals surface area contributed by atoms with E-state index in [0.29, 0.717) is 6.61 Å². The van der Waals surface area contributed by atoms with Crippen LogP contribution in [0.5, 0.6) is 0 Å². The number of carbonyl (C=O) groups excluding carboxylic acids is 1. The van der Waals surface area contributed by atoms with Crippen LogP contribution in [0.25, 0.3) is 0 Å². The van der Waals surface area contributed by atoms with E-state index < -0.39 is 33.2 Å². The third kappa shape index (κ3) is 46.5. The fourth-order valence-electron chi connectivity index (χ4n) is 7.35. The summed E-state index contributed by atoms with van der Waals surface area (Å²) in [4.78, 5) is 22.7. The zero-order valence-electron chi connectivity index (χ0n) is 38.7. The third-order valence-corrected chi connectivity index (χ3v) is 12.2. The maximum absolute atomic E-state index is 12.7. The molecular formula is C49H97O9P. The van der Waals surface area contributed by atoms with Crippen molar-refractivity contribution in [3.05, 3.63) is 12.2 Å². The SMILES string of the molecule is CCCCCCCCCC/C=C\CCCCCCCCCCCC(=O)OC(COCCCCCCCCCCCCCCCCCCC)COP(=O)(O)OCC(O)CO. The van der Waals surface area contributed by atoms with E-state index in [1.165, 1.54) is 199 Å². The van der Waals surface area contributed by atoms with Crippen molar-refractivity contribution in [2.45, 2.75) is 264 Å². The normalized spacial score (nSPS) is 13.9. The fourth-order valence-corrected chi connectivity index (χ4v) is 8.14. The highest BCUT2D eigenvalue weighted by atomic mass is 31.2. The summed E-state index contributed by atoms with van der Waals surface area (Å²) in [5, 5.41) is 18.4. The molecule has 0 aliphatic rings. The summed E-state index contributed by atoms with van der Waals surface area (Å²) in [5.41, 5.74) is 0. The standard InChI is InChI=1S/C49H97O9P/c1-3-5-7-9-11-13-15-17-19-21-22-23-24-25-27-29-31-33-35-37-39-41-49(52)58-48(46-57-59(53,54)56-44-47(51)43-50)45-55-42-40-38-36-34-32-30-28-26-20-18-16-14-12-10-8-6-4-2/h21-22,47-48,50-51H,3-20,23-46H2,1-2H3,(H,53,54)/b22-21-. The molecule has 10 heteroatoms. The van der Waals surface area contributed by atoms with E-state index in [-0.39, 0.29) is 25.6 Å². The molecule has 3 atom stereocenters. The first-order chi connectivity index (χ1) is 28.8. The molecule has 0 aromatic rings. The van der Waals surface area contributed by atoms with Gasteiger partial charge in [-0.2, -0.15) is 0 Å². The zero-order chi connectivity index (χ0) is 43.2. The van der Waals surface area contributed by atoms with Crippen LogP contribution in [0.4, 0.5) is 0 Å². The Balaban J connectivity index is 4.05. The molecular weight excluding hydrogens is 764 g/mol. The van der Waals surface area contributed by atoms with Crippen LogP contribution in [-0.2, 0) is 27.9 Å². The maximum Gasteiger partial charge on any atom is 0.472 e. The van der Waals surface area contributed by atoms with Gasteiger partial charge in [0.25, 0.3) is 0 Å². The van der Waals surface area contributed by atoms with Gasteiger partial charge in [-0.1, -0.05) is 219 Å². The predicted octanol–water partition coefficient (Wildman–Crippen LogP) is 14.4. The van der Waals surface area contributed by atoms with E-state index in [9.17, 15) is 19.4 Å². The van der Waals surface area contributed by atoms with Crippen molar-refractivity contribution < 1.29 is 43.0 Å². The van der Waals surface area contributed by atoms with Gasteiger partial charge in [0.1, 0.15) is 12.2 Å². The molecule has 59 heavy (non-hydrogen) atoms. The van der Waals surface area contributed by atoms with Crippen LogP contribution < -0.4 is 0 Å². The second-order valence-electron chi connectivity index (χ2n) is 17.2. The third-order valence-electron chi connectivity index (χ3n) is 11.2. The van der Waals surface area contributed by atoms with Crippen molar-refractivity contribution in [1.29, 1.82) is 0 Å². The number of phosphoric ester groups is 1. The number of aliphatic hydroxyl groups is 2. The van der Waals surface area contributed by atoms with Gasteiger partial charge in [0.2, 0.25) is 0 Å². The van der Waals surface area contributed by atoms with Crippen molar-refractivity contribution in [3.8, 4) is 0 Å². The zero-order valence-corrected chi connectivity index (χ0v) is 39.6. The number of hydrogen-bond donors (Lipinski definition) is 3. The van der Waals surface area contributed by atoms with Crippen LogP contribution in [0.3, 0.4) is 0 Å². The molecule has 0 saturated carbocycles. The molecule has 3 N–H and O–H groups in total. The summed E-state index contributed by atoms with van der Waals surface area (Å²) in [6, 6.07) is 0. The largest absolute Gasteiger partial charge is 0.472 e. The summed E-state index contributed by atoms with van der Waals surface area (Å²) < 4.78 is 33.5. The first-order valence-corrected chi connectivity index (χ1v) is 26.7. The van der Waals surface area contributed by atoms with Crippen LogP contribution in [0.1, 0.15) is 251 Å². The molecule has 0 bridgehead atoms. The summed E-state index contributed by atoms with van der Waals surface area (Å²) in [6.45, 7) is 3.58. The van der Waals surface area contributed by atoms with Crippen LogP contribution in [0.15, 0.2) is 12.2 Å². The number of hydrogen-bond acceptors (Lipinski definition) is 8. The Bertz CT molecular complexity index is 933. The number of unbranched alkanes of at least 4 members (excludes halogenated alkanes) is 33. The van der Waals surface area contributed by atoms with Gasteiger partial charge in [-0.05, 0) is 38.5 Å². The van der Waals surface area contributed by atoms with Crippen molar-refractivity contribution in [1.82, 2.24) is 0 Å². The van der Waals surface area contributed by atoms with Gasteiger partial charge in [0, 0.05) is 13.0 Å². The van der Waals surface area contributed by atoms with E-state index in [2.05, 4.69) is 26.0 Å². The molecule has 0 heterocycles. The molecule has 0 rings (SSSR count). The molecule has 0 aliphatic heterocycles. The molecule has 3 unspecified atom stereocenters. The average molecular weight is 861 g/mol. The summed E-state index contributed by atoms with van der Waals surface area (Å²) in [5.74, 6) is -0.378. The molecule has 0 aromatic heterocycles. The van der Waals surface area contributed by atoms with Gasteiger partial charge in [-0.3, -0.25) is 13.8 Å². The number of esters is 1. The first-order valence-electron chi connectivity index (χ1n) is 25.2. The second-order valence-corrected chi connectivity index (χ2v) is 18.6. The molecule has 0 saturated heterocycles. The smallest absolute Gasteiger partial charge is 0.457 e. The Kier molecular flexibility index (Phi) is 46.1. The van der Waals surface area contributed by atoms with Gasteiger partial charge in [0.15, 0.2) is 0 Å². The molecule has 0 radical (unpaired) electrons. The lowest BCUT2D eigenvalue weighted by Gasteiger charge is -2.20. The minimum absolute atomic E-state index is 0.0550. The van der Waals surface area contributed by atoms with Gasteiger partial charge < -0.3 is 24.6 Å². The van der Waals surface area contributed by atoms with E-state index in [1.54, 1.807) is 0 Å². The van der Waals surface area contributed by atoms with Crippen LogP contribution in [-0.4, -0.2) is 66.3 Å². The van der Waals surface area contributed by atoms with E-state index >= 15 is 0 Å². The lowest BCUT2D eigenvalue weighted by molar-refractivity contribution is -0.154. The summed E-state index contributed by atoms with van der Waals surface area (Å²) >= 11 is 0. The van der Waals surface area contributed by atoms with Crippen molar-refractivity contribution >= 4 is 13.8 Å². The molecule has 9 nitrogen and oxygen atoms in total. The number of rotatable bonds is 49. The Morgan fingerprint density at radius 2 is 0.864 bits per heavy atom.